The Morgan fingerprint density at radius 3 is 2.25 bits per heavy atom. The third kappa shape index (κ3) is 4.72. The Labute approximate surface area is 120 Å². The van der Waals surface area contributed by atoms with Crippen LogP contribution in [0.15, 0.2) is 0 Å². The maximum absolute atomic E-state index is 12.1. The van der Waals surface area contributed by atoms with E-state index >= 15 is 0 Å². The number of carbonyl (C=O) groups is 2. The Morgan fingerprint density at radius 1 is 1.35 bits per heavy atom. The molecule has 0 unspecified atom stereocenters. The first-order chi connectivity index (χ1) is 9.34. The number of urea groups is 1. The summed E-state index contributed by atoms with van der Waals surface area (Å²) >= 11 is 0. The molecule has 6 heteroatoms. The molecule has 0 saturated heterocycles. The van der Waals surface area contributed by atoms with Gasteiger partial charge in [0, 0.05) is 19.1 Å². The molecule has 0 aliphatic rings. The number of aliphatic carboxylic acids is 1. The largest absolute Gasteiger partial charge is 0.481 e. The summed E-state index contributed by atoms with van der Waals surface area (Å²) in [4.78, 5) is 25.0. The lowest BCUT2D eigenvalue weighted by atomic mass is 9.82. The van der Waals surface area contributed by atoms with E-state index in [2.05, 4.69) is 5.32 Å². The zero-order valence-electron chi connectivity index (χ0n) is 12.8. The van der Waals surface area contributed by atoms with E-state index in [4.69, 9.17) is 5.26 Å². The Hall–Kier alpha value is -1.77. The number of carboxylic acids is 1. The van der Waals surface area contributed by atoms with Crippen LogP contribution < -0.4 is 5.32 Å². The first-order valence-electron chi connectivity index (χ1n) is 6.99. The molecule has 0 fully saturated rings. The van der Waals surface area contributed by atoms with Crippen LogP contribution in [0.5, 0.6) is 0 Å². The van der Waals surface area contributed by atoms with Gasteiger partial charge >= 0.3 is 12.0 Å². The number of nitrogens with one attached hydrogen (secondary N) is 1. The second-order valence-corrected chi connectivity index (χ2v) is 5.15. The standard InChI is InChI=1S/C14H25N3O3/c1-5-14(6-2,12(18)19)10-16-13(20)17(11(3)4)9-7-8-15/h11H,5-7,9-10H2,1-4H3,(H,16,20)(H,18,19). The van der Waals surface area contributed by atoms with Gasteiger partial charge in [-0.05, 0) is 26.7 Å². The van der Waals surface area contributed by atoms with E-state index in [0.29, 0.717) is 19.4 Å². The van der Waals surface area contributed by atoms with Gasteiger partial charge in [0.2, 0.25) is 0 Å². The zero-order valence-corrected chi connectivity index (χ0v) is 12.8. The Balaban J connectivity index is 4.72. The molecule has 0 aromatic heterocycles. The normalized spacial score (nSPS) is 11.0. The third-order valence-corrected chi connectivity index (χ3v) is 3.73. The quantitative estimate of drug-likeness (QED) is 0.714. The SMILES string of the molecule is CCC(CC)(CNC(=O)N(CCC#N)C(C)C)C(=O)O. The number of rotatable bonds is 8. The van der Waals surface area contributed by atoms with Crippen LogP contribution in [0, 0.1) is 16.7 Å². The highest BCUT2D eigenvalue weighted by Gasteiger charge is 2.35. The van der Waals surface area contributed by atoms with Gasteiger partial charge in [-0.2, -0.15) is 5.26 Å². The highest BCUT2D eigenvalue weighted by atomic mass is 16.4. The molecular weight excluding hydrogens is 258 g/mol. The summed E-state index contributed by atoms with van der Waals surface area (Å²) in [7, 11) is 0. The zero-order chi connectivity index (χ0) is 15.8. The van der Waals surface area contributed by atoms with Crippen molar-refractivity contribution in [3.63, 3.8) is 0 Å². The van der Waals surface area contributed by atoms with E-state index in [1.165, 1.54) is 0 Å². The summed E-state index contributed by atoms with van der Waals surface area (Å²) in [6.07, 6.45) is 1.18. The molecule has 0 saturated carbocycles. The van der Waals surface area contributed by atoms with Crippen molar-refractivity contribution >= 4 is 12.0 Å². The molecule has 0 aliphatic heterocycles. The van der Waals surface area contributed by atoms with Crippen LogP contribution in [-0.4, -0.2) is 41.1 Å². The Kier molecular flexibility index (Phi) is 7.67. The molecule has 0 aliphatic carbocycles. The fourth-order valence-electron chi connectivity index (χ4n) is 1.99. The van der Waals surface area contributed by atoms with Crippen LogP contribution in [-0.2, 0) is 4.79 Å². The van der Waals surface area contributed by atoms with Crippen molar-refractivity contribution in [3.05, 3.63) is 0 Å². The predicted molar refractivity (Wildman–Crippen MR) is 76.1 cm³/mol. The minimum absolute atomic E-state index is 0.0363. The number of carboxylic acid groups (broad SMARTS) is 1. The summed E-state index contributed by atoms with van der Waals surface area (Å²) in [6, 6.07) is 1.65. The van der Waals surface area contributed by atoms with Crippen LogP contribution in [0.4, 0.5) is 4.79 Å². The van der Waals surface area contributed by atoms with Crippen LogP contribution in [0.2, 0.25) is 0 Å². The van der Waals surface area contributed by atoms with Gasteiger partial charge in [-0.15, -0.1) is 0 Å². The third-order valence-electron chi connectivity index (χ3n) is 3.73. The molecule has 0 aromatic rings. The molecule has 2 N–H and O–H groups in total. The molecule has 0 heterocycles. The van der Waals surface area contributed by atoms with Crippen LogP contribution in [0.1, 0.15) is 47.0 Å². The van der Waals surface area contributed by atoms with Gasteiger partial charge in [0.1, 0.15) is 0 Å². The Bertz CT molecular complexity index is 370. The van der Waals surface area contributed by atoms with Crippen molar-refractivity contribution < 1.29 is 14.7 Å². The molecule has 0 atom stereocenters. The van der Waals surface area contributed by atoms with Crippen molar-refractivity contribution in [1.29, 1.82) is 5.26 Å². The van der Waals surface area contributed by atoms with Gasteiger partial charge in [-0.3, -0.25) is 4.79 Å². The van der Waals surface area contributed by atoms with Crippen LogP contribution in [0.3, 0.4) is 0 Å². The fraction of sp³-hybridized carbons (Fsp3) is 0.786. The second-order valence-electron chi connectivity index (χ2n) is 5.15. The minimum atomic E-state index is -0.923. The predicted octanol–water partition coefficient (Wildman–Crippen LogP) is 2.21. The molecule has 6 nitrogen and oxygen atoms in total. The van der Waals surface area contributed by atoms with Crippen LogP contribution >= 0.6 is 0 Å². The maximum Gasteiger partial charge on any atom is 0.317 e. The molecule has 0 bridgehead atoms. The van der Waals surface area contributed by atoms with E-state index in [0.717, 1.165) is 0 Å². The maximum atomic E-state index is 12.1. The minimum Gasteiger partial charge on any atom is -0.481 e. The topological polar surface area (TPSA) is 93.4 Å². The highest BCUT2D eigenvalue weighted by Crippen LogP contribution is 2.25. The number of carbonyl (C=O) groups excluding carboxylic acids is 1. The van der Waals surface area contributed by atoms with Gasteiger partial charge in [-0.25, -0.2) is 4.79 Å². The van der Waals surface area contributed by atoms with Crippen molar-refractivity contribution in [2.24, 2.45) is 5.41 Å². The number of nitrogens with zero attached hydrogens (tertiary/aromatic N) is 2. The lowest BCUT2D eigenvalue weighted by Gasteiger charge is -2.30. The summed E-state index contributed by atoms with van der Waals surface area (Å²) in [5.41, 5.74) is -0.923. The molecule has 0 radical (unpaired) electrons. The van der Waals surface area contributed by atoms with E-state index in [1.807, 2.05) is 19.9 Å². The molecule has 114 valence electrons. The molecule has 0 aromatic carbocycles. The van der Waals surface area contributed by atoms with Gasteiger partial charge in [-0.1, -0.05) is 13.8 Å². The highest BCUT2D eigenvalue weighted by molar-refractivity contribution is 5.78. The van der Waals surface area contributed by atoms with Gasteiger partial charge in [0.05, 0.1) is 17.9 Å². The molecule has 20 heavy (non-hydrogen) atoms. The summed E-state index contributed by atoms with van der Waals surface area (Å²) in [5, 5.41) is 20.6. The van der Waals surface area contributed by atoms with E-state index in [1.54, 1.807) is 18.7 Å². The van der Waals surface area contributed by atoms with Crippen molar-refractivity contribution in [2.75, 3.05) is 13.1 Å². The summed E-state index contributed by atoms with van der Waals surface area (Å²) < 4.78 is 0. The van der Waals surface area contributed by atoms with Gasteiger partial charge < -0.3 is 15.3 Å². The number of hydrogen-bond acceptors (Lipinski definition) is 3. The number of amides is 2. The van der Waals surface area contributed by atoms with Crippen molar-refractivity contribution in [3.8, 4) is 6.07 Å². The second kappa shape index (κ2) is 8.41. The van der Waals surface area contributed by atoms with Crippen molar-refractivity contribution in [1.82, 2.24) is 10.2 Å². The van der Waals surface area contributed by atoms with Crippen LogP contribution in [0.25, 0.3) is 0 Å². The van der Waals surface area contributed by atoms with Gasteiger partial charge in [0.25, 0.3) is 0 Å². The molecular formula is C14H25N3O3. The lowest BCUT2D eigenvalue weighted by Crippen LogP contribution is -2.49. The van der Waals surface area contributed by atoms with E-state index in [-0.39, 0.29) is 25.0 Å². The summed E-state index contributed by atoms with van der Waals surface area (Å²) in [5.74, 6) is -0.893. The monoisotopic (exact) mass is 283 g/mol. The first-order valence-corrected chi connectivity index (χ1v) is 6.99. The molecule has 0 spiro atoms. The fourth-order valence-corrected chi connectivity index (χ4v) is 1.99. The van der Waals surface area contributed by atoms with E-state index in [9.17, 15) is 14.7 Å². The van der Waals surface area contributed by atoms with E-state index < -0.39 is 11.4 Å². The Morgan fingerprint density at radius 2 is 1.90 bits per heavy atom. The average Bonchev–Trinajstić information content (AvgIpc) is 2.40. The molecule has 0 rings (SSSR count). The smallest absolute Gasteiger partial charge is 0.317 e. The average molecular weight is 283 g/mol. The lowest BCUT2D eigenvalue weighted by molar-refractivity contribution is -0.149. The first kappa shape index (κ1) is 18.2. The number of nitriles is 1. The summed E-state index contributed by atoms with van der Waals surface area (Å²) in [6.45, 7) is 7.78. The van der Waals surface area contributed by atoms with Gasteiger partial charge in [0.15, 0.2) is 0 Å². The van der Waals surface area contributed by atoms with Crippen molar-refractivity contribution in [2.45, 2.75) is 53.0 Å². The molecule has 2 amide bonds. The number of hydrogen-bond donors (Lipinski definition) is 2.